The number of aryl methyl sites for hydroxylation is 1. The van der Waals surface area contributed by atoms with E-state index in [1.54, 1.807) is 7.05 Å². The number of nitrogens with zero attached hydrogens (tertiary/aromatic N) is 1. The predicted octanol–water partition coefficient (Wildman–Crippen LogP) is 2.64. The third-order valence-electron chi connectivity index (χ3n) is 3.32. The first kappa shape index (κ1) is 17.0. The lowest BCUT2D eigenvalue weighted by Gasteiger charge is -2.23. The van der Waals surface area contributed by atoms with Crippen molar-refractivity contribution in [3.05, 3.63) is 35.4 Å². The van der Waals surface area contributed by atoms with E-state index in [2.05, 4.69) is 5.32 Å². The average molecular weight is 292 g/mol. The summed E-state index contributed by atoms with van der Waals surface area (Å²) in [5.41, 5.74) is 2.15. The second-order valence-electron chi connectivity index (χ2n) is 5.75. The van der Waals surface area contributed by atoms with E-state index in [1.807, 2.05) is 45.0 Å². The van der Waals surface area contributed by atoms with Gasteiger partial charge in [0.05, 0.1) is 0 Å². The minimum atomic E-state index is -0.999. The Labute approximate surface area is 126 Å². The molecule has 0 aliphatic carbocycles. The zero-order valence-corrected chi connectivity index (χ0v) is 13.1. The van der Waals surface area contributed by atoms with E-state index >= 15 is 0 Å². The molecule has 0 bridgehead atoms. The van der Waals surface area contributed by atoms with Gasteiger partial charge in [-0.2, -0.15) is 0 Å². The van der Waals surface area contributed by atoms with Crippen molar-refractivity contribution in [3.8, 4) is 0 Å². The van der Waals surface area contributed by atoms with E-state index in [1.165, 1.54) is 4.90 Å². The number of rotatable bonds is 6. The molecule has 1 rings (SSSR count). The zero-order valence-electron chi connectivity index (χ0n) is 13.1. The molecule has 0 aliphatic heterocycles. The van der Waals surface area contributed by atoms with Crippen LogP contribution in [-0.2, 0) is 11.3 Å². The van der Waals surface area contributed by atoms with Crippen molar-refractivity contribution in [1.82, 2.24) is 10.2 Å². The number of benzene rings is 1. The normalized spacial score (nSPS) is 12.0. The highest BCUT2D eigenvalue weighted by Gasteiger charge is 2.22. The van der Waals surface area contributed by atoms with Crippen LogP contribution in [0.5, 0.6) is 0 Å². The molecule has 0 aromatic heterocycles. The van der Waals surface area contributed by atoms with Gasteiger partial charge in [0, 0.05) is 13.6 Å². The van der Waals surface area contributed by atoms with Crippen LogP contribution in [0.15, 0.2) is 24.3 Å². The molecule has 5 heteroatoms. The smallest absolute Gasteiger partial charge is 0.326 e. The molecule has 1 aromatic rings. The highest BCUT2D eigenvalue weighted by atomic mass is 16.4. The lowest BCUT2D eigenvalue weighted by molar-refractivity contribution is -0.139. The van der Waals surface area contributed by atoms with E-state index < -0.39 is 12.0 Å². The number of urea groups is 1. The first-order valence-electron chi connectivity index (χ1n) is 7.10. The number of hydrogen-bond acceptors (Lipinski definition) is 2. The Morgan fingerprint density at radius 3 is 2.43 bits per heavy atom. The van der Waals surface area contributed by atoms with Gasteiger partial charge in [-0.3, -0.25) is 0 Å². The van der Waals surface area contributed by atoms with E-state index in [0.29, 0.717) is 13.0 Å². The van der Waals surface area contributed by atoms with Crippen molar-refractivity contribution < 1.29 is 14.7 Å². The molecule has 0 fully saturated rings. The summed E-state index contributed by atoms with van der Waals surface area (Å²) in [7, 11) is 1.66. The van der Waals surface area contributed by atoms with Gasteiger partial charge in [-0.25, -0.2) is 9.59 Å². The summed E-state index contributed by atoms with van der Waals surface area (Å²) in [6, 6.07) is 6.60. The maximum Gasteiger partial charge on any atom is 0.326 e. The number of carboxylic acid groups (broad SMARTS) is 1. The second-order valence-corrected chi connectivity index (χ2v) is 5.75. The monoisotopic (exact) mass is 292 g/mol. The van der Waals surface area contributed by atoms with Gasteiger partial charge in [0.25, 0.3) is 0 Å². The largest absolute Gasteiger partial charge is 0.480 e. The fraction of sp³-hybridized carbons (Fsp3) is 0.500. The molecule has 5 nitrogen and oxygen atoms in total. The fourth-order valence-corrected chi connectivity index (χ4v) is 2.07. The van der Waals surface area contributed by atoms with Gasteiger partial charge in [0.1, 0.15) is 6.04 Å². The molecule has 1 unspecified atom stereocenters. The summed E-state index contributed by atoms with van der Waals surface area (Å²) < 4.78 is 0. The average Bonchev–Trinajstić information content (AvgIpc) is 2.39. The molecule has 0 saturated heterocycles. The summed E-state index contributed by atoms with van der Waals surface area (Å²) >= 11 is 0. The van der Waals surface area contributed by atoms with E-state index in [0.717, 1.165) is 11.1 Å². The number of hydrogen-bond donors (Lipinski definition) is 2. The summed E-state index contributed by atoms with van der Waals surface area (Å²) in [5.74, 6) is -0.797. The Morgan fingerprint density at radius 1 is 1.29 bits per heavy atom. The number of carbonyl (C=O) groups excluding carboxylic acids is 1. The van der Waals surface area contributed by atoms with Crippen LogP contribution >= 0.6 is 0 Å². The standard InChI is InChI=1S/C16H24N2O3/c1-11(2)9-14(15(19)20)17-16(21)18(4)10-13-8-6-5-7-12(13)3/h5-8,11,14H,9-10H2,1-4H3,(H,17,21)(H,19,20). The van der Waals surface area contributed by atoms with Crippen LogP contribution in [0.2, 0.25) is 0 Å². The number of aliphatic carboxylic acids is 1. The molecule has 0 saturated carbocycles. The zero-order chi connectivity index (χ0) is 16.0. The summed E-state index contributed by atoms with van der Waals surface area (Å²) in [6.45, 7) is 6.30. The number of nitrogens with one attached hydrogen (secondary N) is 1. The van der Waals surface area contributed by atoms with Crippen LogP contribution in [0, 0.1) is 12.8 Å². The molecule has 0 radical (unpaired) electrons. The molecular weight excluding hydrogens is 268 g/mol. The van der Waals surface area contributed by atoms with Gasteiger partial charge in [-0.15, -0.1) is 0 Å². The third-order valence-corrected chi connectivity index (χ3v) is 3.32. The quantitative estimate of drug-likeness (QED) is 0.847. The van der Waals surface area contributed by atoms with Crippen molar-refractivity contribution in [2.24, 2.45) is 5.92 Å². The molecule has 0 aliphatic rings. The van der Waals surface area contributed by atoms with E-state index in [4.69, 9.17) is 5.11 Å². The molecule has 1 aromatic carbocycles. The van der Waals surface area contributed by atoms with E-state index in [-0.39, 0.29) is 11.9 Å². The molecule has 0 heterocycles. The van der Waals surface area contributed by atoms with Gasteiger partial charge in [0.15, 0.2) is 0 Å². The lowest BCUT2D eigenvalue weighted by Crippen LogP contribution is -2.47. The lowest BCUT2D eigenvalue weighted by atomic mass is 10.0. The van der Waals surface area contributed by atoms with Gasteiger partial charge in [0.2, 0.25) is 0 Å². The molecule has 21 heavy (non-hydrogen) atoms. The summed E-state index contributed by atoms with van der Waals surface area (Å²) in [5, 5.41) is 11.7. The van der Waals surface area contributed by atoms with Crippen molar-refractivity contribution in [3.63, 3.8) is 0 Å². The topological polar surface area (TPSA) is 69.6 Å². The Morgan fingerprint density at radius 2 is 1.90 bits per heavy atom. The van der Waals surface area contributed by atoms with Gasteiger partial charge < -0.3 is 15.3 Å². The van der Waals surface area contributed by atoms with Crippen LogP contribution in [0.25, 0.3) is 0 Å². The van der Waals surface area contributed by atoms with Crippen LogP contribution in [0.4, 0.5) is 4.79 Å². The van der Waals surface area contributed by atoms with E-state index in [9.17, 15) is 9.59 Å². The summed E-state index contributed by atoms with van der Waals surface area (Å²) in [6.07, 6.45) is 0.416. The van der Waals surface area contributed by atoms with Gasteiger partial charge >= 0.3 is 12.0 Å². The maximum absolute atomic E-state index is 12.1. The maximum atomic E-state index is 12.1. The molecule has 0 spiro atoms. The molecule has 2 amide bonds. The first-order chi connectivity index (χ1) is 9.81. The predicted molar refractivity (Wildman–Crippen MR) is 82.1 cm³/mol. The molecule has 1 atom stereocenters. The Kier molecular flexibility index (Phi) is 6.21. The van der Waals surface area contributed by atoms with Crippen molar-refractivity contribution >= 4 is 12.0 Å². The number of carboxylic acids is 1. The number of carbonyl (C=O) groups is 2. The van der Waals surface area contributed by atoms with Crippen LogP contribution in [0.3, 0.4) is 0 Å². The van der Waals surface area contributed by atoms with Crippen molar-refractivity contribution in [2.75, 3.05) is 7.05 Å². The molecule has 116 valence electrons. The highest BCUT2D eigenvalue weighted by Crippen LogP contribution is 2.10. The molecule has 2 N–H and O–H groups in total. The van der Waals surface area contributed by atoms with Crippen molar-refractivity contribution in [2.45, 2.75) is 39.8 Å². The fourth-order valence-electron chi connectivity index (χ4n) is 2.07. The molecular formula is C16H24N2O3. The first-order valence-corrected chi connectivity index (χ1v) is 7.10. The Balaban J connectivity index is 2.65. The van der Waals surface area contributed by atoms with Gasteiger partial charge in [-0.05, 0) is 30.4 Å². The van der Waals surface area contributed by atoms with Crippen molar-refractivity contribution in [1.29, 1.82) is 0 Å². The highest BCUT2D eigenvalue weighted by molar-refractivity contribution is 5.82. The Hall–Kier alpha value is -2.04. The summed E-state index contributed by atoms with van der Waals surface area (Å²) in [4.78, 5) is 24.8. The minimum absolute atomic E-state index is 0.202. The van der Waals surface area contributed by atoms with Crippen LogP contribution in [-0.4, -0.2) is 35.1 Å². The third kappa shape index (κ3) is 5.45. The SMILES string of the molecule is Cc1ccccc1CN(C)C(=O)NC(CC(C)C)C(=O)O. The Bertz CT molecular complexity index is 500. The van der Waals surface area contributed by atoms with Gasteiger partial charge in [-0.1, -0.05) is 38.1 Å². The second kappa shape index (κ2) is 7.67. The minimum Gasteiger partial charge on any atom is -0.480 e. The van der Waals surface area contributed by atoms with Crippen LogP contribution in [0.1, 0.15) is 31.4 Å². The number of amides is 2. The van der Waals surface area contributed by atoms with Crippen LogP contribution < -0.4 is 5.32 Å².